The lowest BCUT2D eigenvalue weighted by molar-refractivity contribution is -0.130. The molecule has 2 saturated heterocycles. The van der Waals surface area contributed by atoms with Crippen LogP contribution in [0.3, 0.4) is 0 Å². The highest BCUT2D eigenvalue weighted by Gasteiger charge is 2.36. The molecule has 2 aromatic carbocycles. The summed E-state index contributed by atoms with van der Waals surface area (Å²) >= 11 is 12.0. The minimum atomic E-state index is -0.400. The number of carbonyl (C=O) groups is 2. The maximum absolute atomic E-state index is 12.7. The molecule has 2 heterocycles. The number of rotatable bonds is 7. The van der Waals surface area contributed by atoms with Crippen molar-refractivity contribution in [1.29, 1.82) is 5.26 Å². The van der Waals surface area contributed by atoms with Gasteiger partial charge < -0.3 is 14.7 Å². The first-order valence-electron chi connectivity index (χ1n) is 12.8. The molecule has 2 aliphatic rings. The zero-order valence-corrected chi connectivity index (χ0v) is 22.4. The number of nitrogens with zero attached hydrogens (tertiary/aromatic N) is 4. The summed E-state index contributed by atoms with van der Waals surface area (Å²) in [6.07, 6.45) is 6.09. The van der Waals surface area contributed by atoms with Crippen LogP contribution in [0, 0.1) is 11.3 Å². The minimum absolute atomic E-state index is 0.0926. The van der Waals surface area contributed by atoms with Crippen molar-refractivity contribution >= 4 is 41.1 Å². The second-order valence-corrected chi connectivity index (χ2v) is 10.5. The second kappa shape index (κ2) is 12.6. The van der Waals surface area contributed by atoms with Crippen LogP contribution < -0.4 is 0 Å². The molecule has 4 rings (SSSR count). The Morgan fingerprint density at radius 3 is 2.43 bits per heavy atom. The summed E-state index contributed by atoms with van der Waals surface area (Å²) in [6, 6.07) is 17.9. The minimum Gasteiger partial charge on any atom is -0.341 e. The van der Waals surface area contributed by atoms with Crippen molar-refractivity contribution in [3.05, 3.63) is 75.8 Å². The van der Waals surface area contributed by atoms with E-state index in [0.29, 0.717) is 42.6 Å². The third kappa shape index (κ3) is 6.93. The third-order valence-electron chi connectivity index (χ3n) is 7.41. The molecule has 2 amide bonds. The normalized spacial score (nSPS) is 18.6. The molecule has 0 radical (unpaired) electrons. The van der Waals surface area contributed by atoms with Gasteiger partial charge in [-0.15, -0.1) is 0 Å². The van der Waals surface area contributed by atoms with Crippen molar-refractivity contribution in [2.75, 3.05) is 45.8 Å². The fourth-order valence-corrected chi connectivity index (χ4v) is 5.38. The molecule has 2 aromatic rings. The van der Waals surface area contributed by atoms with Crippen LogP contribution in [0.25, 0.3) is 6.08 Å². The molecule has 194 valence electrons. The Labute approximate surface area is 229 Å². The average molecular weight is 540 g/mol. The standard InChI is InChI=1S/C29H32Cl2N4O2/c30-25-9-7-23(21-26(25)31)8-10-27(36)35-16-11-28(37)34(19-20-35)15-4-14-33-17-12-29(22-32,13-18-33)24-5-2-1-3-6-24/h1-3,5-10,21H,4,11-20H2. The maximum Gasteiger partial charge on any atom is 0.246 e. The Morgan fingerprint density at radius 1 is 0.973 bits per heavy atom. The Morgan fingerprint density at radius 2 is 1.73 bits per heavy atom. The monoisotopic (exact) mass is 538 g/mol. The molecule has 0 spiro atoms. The largest absolute Gasteiger partial charge is 0.341 e. The van der Waals surface area contributed by atoms with Crippen LogP contribution in [-0.2, 0) is 15.0 Å². The van der Waals surface area contributed by atoms with E-state index in [2.05, 4.69) is 23.1 Å². The van der Waals surface area contributed by atoms with Crippen molar-refractivity contribution in [1.82, 2.24) is 14.7 Å². The lowest BCUT2D eigenvalue weighted by Crippen LogP contribution is -2.43. The number of piperidine rings is 1. The van der Waals surface area contributed by atoms with Gasteiger partial charge in [0.1, 0.15) is 0 Å². The van der Waals surface area contributed by atoms with Crippen molar-refractivity contribution in [2.24, 2.45) is 0 Å². The molecular weight excluding hydrogens is 507 g/mol. The van der Waals surface area contributed by atoms with E-state index in [9.17, 15) is 14.9 Å². The highest BCUT2D eigenvalue weighted by molar-refractivity contribution is 6.42. The molecule has 0 unspecified atom stereocenters. The average Bonchev–Trinajstić information content (AvgIpc) is 3.11. The van der Waals surface area contributed by atoms with E-state index in [1.54, 1.807) is 29.2 Å². The molecule has 0 saturated carbocycles. The van der Waals surface area contributed by atoms with Gasteiger partial charge in [-0.3, -0.25) is 9.59 Å². The molecule has 0 atom stereocenters. The van der Waals surface area contributed by atoms with Gasteiger partial charge in [0.2, 0.25) is 11.8 Å². The number of amides is 2. The van der Waals surface area contributed by atoms with Crippen molar-refractivity contribution in [3.8, 4) is 6.07 Å². The van der Waals surface area contributed by atoms with E-state index in [0.717, 1.165) is 50.0 Å². The topological polar surface area (TPSA) is 67.7 Å². The summed E-state index contributed by atoms with van der Waals surface area (Å²) in [7, 11) is 0. The van der Waals surface area contributed by atoms with Gasteiger partial charge in [-0.1, -0.05) is 59.6 Å². The van der Waals surface area contributed by atoms with Crippen molar-refractivity contribution in [3.63, 3.8) is 0 Å². The molecule has 6 nitrogen and oxygen atoms in total. The number of halogens is 2. The van der Waals surface area contributed by atoms with Crippen LogP contribution in [0.4, 0.5) is 0 Å². The predicted octanol–water partition coefficient (Wildman–Crippen LogP) is 5.01. The Bertz CT molecular complexity index is 1170. The van der Waals surface area contributed by atoms with Gasteiger partial charge in [-0.2, -0.15) is 5.26 Å². The second-order valence-electron chi connectivity index (χ2n) is 9.72. The number of likely N-dealkylation sites (tertiary alicyclic amines) is 1. The lowest BCUT2D eigenvalue weighted by atomic mass is 9.74. The molecule has 8 heteroatoms. The smallest absolute Gasteiger partial charge is 0.246 e. The molecule has 0 bridgehead atoms. The SMILES string of the molecule is N#CC1(c2ccccc2)CCN(CCCN2CCN(C(=O)C=Cc3ccc(Cl)c(Cl)c3)CCC2=O)CC1. The first-order chi connectivity index (χ1) is 17.9. The molecule has 37 heavy (non-hydrogen) atoms. The van der Waals surface area contributed by atoms with Crippen LogP contribution in [0.5, 0.6) is 0 Å². The zero-order valence-electron chi connectivity index (χ0n) is 20.9. The van der Waals surface area contributed by atoms with Gasteiger partial charge >= 0.3 is 0 Å². The fourth-order valence-electron chi connectivity index (χ4n) is 5.08. The number of hydrogen-bond donors (Lipinski definition) is 0. The van der Waals surface area contributed by atoms with Gasteiger partial charge in [0, 0.05) is 38.7 Å². The van der Waals surface area contributed by atoms with E-state index in [-0.39, 0.29) is 11.8 Å². The summed E-state index contributed by atoms with van der Waals surface area (Å²) < 4.78 is 0. The summed E-state index contributed by atoms with van der Waals surface area (Å²) in [4.78, 5) is 31.4. The number of nitriles is 1. The molecule has 0 aromatic heterocycles. The van der Waals surface area contributed by atoms with E-state index in [1.807, 2.05) is 23.1 Å². The Balaban J connectivity index is 1.22. The highest BCUT2D eigenvalue weighted by atomic mass is 35.5. The fraction of sp³-hybridized carbons (Fsp3) is 0.414. The number of carbonyl (C=O) groups excluding carboxylic acids is 2. The number of hydrogen-bond acceptors (Lipinski definition) is 4. The lowest BCUT2D eigenvalue weighted by Gasteiger charge is -2.38. The van der Waals surface area contributed by atoms with Gasteiger partial charge in [-0.05, 0) is 68.2 Å². The molecule has 0 aliphatic carbocycles. The van der Waals surface area contributed by atoms with Crippen molar-refractivity contribution < 1.29 is 9.59 Å². The van der Waals surface area contributed by atoms with Crippen molar-refractivity contribution in [2.45, 2.75) is 31.1 Å². The van der Waals surface area contributed by atoms with Crippen LogP contribution in [0.15, 0.2) is 54.6 Å². The summed E-state index contributed by atoms with van der Waals surface area (Å²) in [6.45, 7) is 4.81. The van der Waals surface area contributed by atoms with Crippen LogP contribution in [0.2, 0.25) is 10.0 Å². The zero-order chi connectivity index (χ0) is 26.3. The predicted molar refractivity (Wildman–Crippen MR) is 147 cm³/mol. The third-order valence-corrected chi connectivity index (χ3v) is 8.15. The first-order valence-corrected chi connectivity index (χ1v) is 13.5. The van der Waals surface area contributed by atoms with E-state index in [4.69, 9.17) is 23.2 Å². The first kappa shape index (κ1) is 27.2. The van der Waals surface area contributed by atoms with Gasteiger partial charge in [0.15, 0.2) is 0 Å². The van der Waals surface area contributed by atoms with E-state index < -0.39 is 5.41 Å². The molecule has 2 aliphatic heterocycles. The summed E-state index contributed by atoms with van der Waals surface area (Å²) in [5.41, 5.74) is 1.50. The summed E-state index contributed by atoms with van der Waals surface area (Å²) in [5.74, 6) is -0.0246. The van der Waals surface area contributed by atoms with Crippen LogP contribution in [0.1, 0.15) is 36.8 Å². The van der Waals surface area contributed by atoms with Crippen LogP contribution >= 0.6 is 23.2 Å². The van der Waals surface area contributed by atoms with E-state index >= 15 is 0 Å². The number of benzene rings is 2. The van der Waals surface area contributed by atoms with Gasteiger partial charge in [0.05, 0.1) is 21.5 Å². The van der Waals surface area contributed by atoms with E-state index in [1.165, 1.54) is 6.08 Å². The highest BCUT2D eigenvalue weighted by Crippen LogP contribution is 2.34. The molecule has 0 N–H and O–H groups in total. The van der Waals surface area contributed by atoms with Gasteiger partial charge in [-0.25, -0.2) is 0 Å². The Kier molecular flexibility index (Phi) is 9.26. The molecule has 2 fully saturated rings. The van der Waals surface area contributed by atoms with Gasteiger partial charge in [0.25, 0.3) is 0 Å². The Hall–Kier alpha value is -2.85. The van der Waals surface area contributed by atoms with Crippen LogP contribution in [-0.4, -0.2) is 72.3 Å². The quantitative estimate of drug-likeness (QED) is 0.464. The molecular formula is C29H32Cl2N4O2. The summed E-state index contributed by atoms with van der Waals surface area (Å²) in [5, 5.41) is 10.8. The maximum atomic E-state index is 12.7.